The van der Waals surface area contributed by atoms with Gasteiger partial charge in [0.1, 0.15) is 0 Å². The first-order valence-electron chi connectivity index (χ1n) is 7.02. The highest BCUT2D eigenvalue weighted by Gasteiger charge is 2.17. The van der Waals surface area contributed by atoms with Crippen LogP contribution in [-0.2, 0) is 6.54 Å². The van der Waals surface area contributed by atoms with Crippen molar-refractivity contribution in [3.63, 3.8) is 0 Å². The SMILES string of the molecule is CCn1nc(C(=O)Nc2cccnc2)c(=O)c2cc(Cl)ccc21. The number of fused-ring (bicyclic) bond motifs is 1. The molecule has 1 aromatic carbocycles. The lowest BCUT2D eigenvalue weighted by atomic mass is 10.2. The minimum absolute atomic E-state index is 0.175. The Labute approximate surface area is 136 Å². The maximum Gasteiger partial charge on any atom is 0.280 e. The molecular formula is C16H13ClN4O2. The number of hydrogen-bond acceptors (Lipinski definition) is 4. The van der Waals surface area contributed by atoms with Gasteiger partial charge in [-0.2, -0.15) is 5.10 Å². The molecule has 1 amide bonds. The third-order valence-corrected chi connectivity index (χ3v) is 3.59. The van der Waals surface area contributed by atoms with Crippen LogP contribution in [0.15, 0.2) is 47.5 Å². The van der Waals surface area contributed by atoms with Gasteiger partial charge >= 0.3 is 0 Å². The minimum Gasteiger partial charge on any atom is -0.319 e. The van der Waals surface area contributed by atoms with Gasteiger partial charge in [0.2, 0.25) is 5.43 Å². The number of aromatic nitrogens is 3. The van der Waals surface area contributed by atoms with Crippen molar-refractivity contribution in [3.05, 3.63) is 63.7 Å². The zero-order valence-corrected chi connectivity index (χ0v) is 13.0. The van der Waals surface area contributed by atoms with Crippen LogP contribution in [0.1, 0.15) is 17.4 Å². The number of rotatable bonds is 3. The molecule has 0 aliphatic carbocycles. The quantitative estimate of drug-likeness (QED) is 0.802. The smallest absolute Gasteiger partial charge is 0.280 e. The van der Waals surface area contributed by atoms with Crippen molar-refractivity contribution >= 4 is 34.1 Å². The Kier molecular flexibility index (Phi) is 4.08. The minimum atomic E-state index is -0.577. The molecule has 0 bridgehead atoms. The molecule has 1 N–H and O–H groups in total. The van der Waals surface area contributed by atoms with Crippen LogP contribution >= 0.6 is 11.6 Å². The molecule has 0 unspecified atom stereocenters. The molecule has 0 spiro atoms. The van der Waals surface area contributed by atoms with Crippen molar-refractivity contribution in [3.8, 4) is 0 Å². The molecule has 3 rings (SSSR count). The molecule has 2 heterocycles. The summed E-state index contributed by atoms with van der Waals surface area (Å²) in [6.45, 7) is 2.40. The molecule has 7 heteroatoms. The maximum atomic E-state index is 12.6. The molecule has 116 valence electrons. The van der Waals surface area contributed by atoms with E-state index in [4.69, 9.17) is 11.6 Å². The van der Waals surface area contributed by atoms with Gasteiger partial charge in [-0.3, -0.25) is 19.3 Å². The third kappa shape index (κ3) is 2.93. The Hall–Kier alpha value is -2.73. The number of carbonyl (C=O) groups excluding carboxylic acids is 1. The maximum absolute atomic E-state index is 12.6. The van der Waals surface area contributed by atoms with Crippen LogP contribution in [0.5, 0.6) is 0 Å². The predicted molar refractivity (Wildman–Crippen MR) is 88.9 cm³/mol. The first-order chi connectivity index (χ1) is 11.1. The van der Waals surface area contributed by atoms with Gasteiger partial charge in [-0.15, -0.1) is 0 Å². The summed E-state index contributed by atoms with van der Waals surface area (Å²) in [7, 11) is 0. The second-order valence-corrected chi connectivity index (χ2v) is 5.29. The van der Waals surface area contributed by atoms with Crippen molar-refractivity contribution in [1.29, 1.82) is 0 Å². The van der Waals surface area contributed by atoms with E-state index in [-0.39, 0.29) is 5.69 Å². The van der Waals surface area contributed by atoms with E-state index in [9.17, 15) is 9.59 Å². The first-order valence-corrected chi connectivity index (χ1v) is 7.39. The number of amides is 1. The van der Waals surface area contributed by atoms with Gasteiger partial charge in [-0.25, -0.2) is 0 Å². The molecule has 0 fully saturated rings. The summed E-state index contributed by atoms with van der Waals surface area (Å²) >= 11 is 5.97. The highest BCUT2D eigenvalue weighted by atomic mass is 35.5. The standard InChI is InChI=1S/C16H13ClN4O2/c1-2-21-13-6-5-10(17)8-12(13)15(22)14(20-21)16(23)19-11-4-3-7-18-9-11/h3-9H,2H2,1H3,(H,19,23). The highest BCUT2D eigenvalue weighted by Crippen LogP contribution is 2.17. The summed E-state index contributed by atoms with van der Waals surface area (Å²) in [5.74, 6) is -0.577. The molecule has 0 aliphatic rings. The topological polar surface area (TPSA) is 76.9 Å². The van der Waals surface area contributed by atoms with Crippen LogP contribution in [0.4, 0.5) is 5.69 Å². The zero-order chi connectivity index (χ0) is 16.4. The summed E-state index contributed by atoms with van der Waals surface area (Å²) in [6.07, 6.45) is 3.09. The summed E-state index contributed by atoms with van der Waals surface area (Å²) in [5, 5.41) is 7.59. The normalized spacial score (nSPS) is 10.7. The molecular weight excluding hydrogens is 316 g/mol. The Balaban J connectivity index is 2.12. The Morgan fingerprint density at radius 1 is 1.35 bits per heavy atom. The molecule has 0 saturated carbocycles. The van der Waals surface area contributed by atoms with E-state index in [1.165, 1.54) is 6.20 Å². The van der Waals surface area contributed by atoms with E-state index in [0.717, 1.165) is 0 Å². The van der Waals surface area contributed by atoms with Crippen molar-refractivity contribution < 1.29 is 4.79 Å². The molecule has 0 aliphatic heterocycles. The average Bonchev–Trinajstić information content (AvgIpc) is 2.56. The summed E-state index contributed by atoms with van der Waals surface area (Å²) in [6, 6.07) is 8.33. The van der Waals surface area contributed by atoms with Gasteiger partial charge in [0.15, 0.2) is 5.69 Å². The molecule has 6 nitrogen and oxygen atoms in total. The Bertz CT molecular complexity index is 938. The van der Waals surface area contributed by atoms with Gasteiger partial charge in [0, 0.05) is 17.8 Å². The number of anilines is 1. The molecule has 0 saturated heterocycles. The van der Waals surface area contributed by atoms with Crippen LogP contribution in [0.3, 0.4) is 0 Å². The van der Waals surface area contributed by atoms with E-state index in [1.807, 2.05) is 6.92 Å². The lowest BCUT2D eigenvalue weighted by molar-refractivity contribution is 0.101. The zero-order valence-electron chi connectivity index (χ0n) is 12.3. The van der Waals surface area contributed by atoms with Crippen LogP contribution in [-0.4, -0.2) is 20.7 Å². The van der Waals surface area contributed by atoms with E-state index in [1.54, 1.807) is 41.2 Å². The summed E-state index contributed by atoms with van der Waals surface area (Å²) in [4.78, 5) is 28.9. The lowest BCUT2D eigenvalue weighted by Gasteiger charge is -2.10. The van der Waals surface area contributed by atoms with Gasteiger partial charge in [-0.05, 0) is 37.3 Å². The van der Waals surface area contributed by atoms with Gasteiger partial charge in [-0.1, -0.05) is 11.6 Å². The Morgan fingerprint density at radius 3 is 2.87 bits per heavy atom. The van der Waals surface area contributed by atoms with E-state index in [0.29, 0.717) is 28.2 Å². The summed E-state index contributed by atoms with van der Waals surface area (Å²) < 4.78 is 1.60. The van der Waals surface area contributed by atoms with Gasteiger partial charge in [0.05, 0.1) is 22.8 Å². The molecule has 0 radical (unpaired) electrons. The van der Waals surface area contributed by atoms with Crippen molar-refractivity contribution in [2.45, 2.75) is 13.5 Å². The largest absolute Gasteiger partial charge is 0.319 e. The number of pyridine rings is 1. The summed E-state index contributed by atoms with van der Waals surface area (Å²) in [5.41, 5.74) is 0.506. The van der Waals surface area contributed by atoms with E-state index >= 15 is 0 Å². The average molecular weight is 329 g/mol. The van der Waals surface area contributed by atoms with Crippen LogP contribution in [0.2, 0.25) is 5.02 Å². The number of nitrogens with one attached hydrogen (secondary N) is 1. The number of nitrogens with zero attached hydrogens (tertiary/aromatic N) is 3. The fourth-order valence-electron chi connectivity index (χ4n) is 2.28. The number of benzene rings is 1. The molecule has 23 heavy (non-hydrogen) atoms. The monoisotopic (exact) mass is 328 g/mol. The van der Waals surface area contributed by atoms with Crippen molar-refractivity contribution in [1.82, 2.24) is 14.8 Å². The van der Waals surface area contributed by atoms with Crippen LogP contribution in [0, 0.1) is 0 Å². The van der Waals surface area contributed by atoms with Gasteiger partial charge < -0.3 is 5.32 Å². The second-order valence-electron chi connectivity index (χ2n) is 4.85. The molecule has 2 aromatic heterocycles. The fourth-order valence-corrected chi connectivity index (χ4v) is 2.45. The number of aryl methyl sites for hydroxylation is 1. The number of halogens is 1. The number of hydrogen-bond donors (Lipinski definition) is 1. The highest BCUT2D eigenvalue weighted by molar-refractivity contribution is 6.31. The van der Waals surface area contributed by atoms with Crippen LogP contribution < -0.4 is 10.7 Å². The van der Waals surface area contributed by atoms with E-state index in [2.05, 4.69) is 15.4 Å². The lowest BCUT2D eigenvalue weighted by Crippen LogP contribution is -2.27. The van der Waals surface area contributed by atoms with Gasteiger partial charge in [0.25, 0.3) is 5.91 Å². The third-order valence-electron chi connectivity index (χ3n) is 3.35. The molecule has 0 atom stereocenters. The fraction of sp³-hybridized carbons (Fsp3) is 0.125. The second kappa shape index (κ2) is 6.18. The predicted octanol–water partition coefficient (Wildman–Crippen LogP) is 2.72. The van der Waals surface area contributed by atoms with E-state index < -0.39 is 11.3 Å². The first kappa shape index (κ1) is 15.2. The van der Waals surface area contributed by atoms with Crippen molar-refractivity contribution in [2.75, 3.05) is 5.32 Å². The van der Waals surface area contributed by atoms with Crippen molar-refractivity contribution in [2.24, 2.45) is 0 Å². The molecule has 3 aromatic rings. The number of carbonyl (C=O) groups is 1. The van der Waals surface area contributed by atoms with Crippen LogP contribution in [0.25, 0.3) is 10.9 Å². The Morgan fingerprint density at radius 2 is 2.17 bits per heavy atom.